The van der Waals surface area contributed by atoms with Gasteiger partial charge < -0.3 is 14.5 Å². The van der Waals surface area contributed by atoms with E-state index < -0.39 is 23.1 Å². The Morgan fingerprint density at radius 2 is 1.69 bits per heavy atom. The van der Waals surface area contributed by atoms with Gasteiger partial charge >= 0.3 is 0 Å². The summed E-state index contributed by atoms with van der Waals surface area (Å²) >= 11 is 0. The molecule has 0 aliphatic rings. The molecule has 0 spiro atoms. The number of hydrogen-bond acceptors (Lipinski definition) is 3. The molecule has 0 saturated heterocycles. The number of carbonyl (C=O) groups excluding carboxylic acids is 1. The van der Waals surface area contributed by atoms with Crippen LogP contribution in [0.3, 0.4) is 0 Å². The first-order chi connectivity index (χ1) is 12.6. The van der Waals surface area contributed by atoms with Gasteiger partial charge in [-0.3, -0.25) is 4.79 Å². The highest BCUT2D eigenvalue weighted by molar-refractivity contribution is 6.10. The van der Waals surface area contributed by atoms with Crippen LogP contribution in [0, 0.1) is 11.6 Å². The normalized spacial score (nSPS) is 11.0. The molecule has 4 nitrogen and oxygen atoms in total. The molecule has 1 aromatic heterocycles. The lowest BCUT2D eigenvalue weighted by molar-refractivity contribution is 0.101. The predicted molar refractivity (Wildman–Crippen MR) is 94.6 cm³/mol. The Bertz CT molecular complexity index is 1130. The first-order valence-corrected chi connectivity index (χ1v) is 7.83. The molecule has 26 heavy (non-hydrogen) atoms. The number of fused-ring (bicyclic) bond motifs is 3. The summed E-state index contributed by atoms with van der Waals surface area (Å²) in [5.41, 5.74) is 0.815. The third-order valence-electron chi connectivity index (χ3n) is 4.14. The van der Waals surface area contributed by atoms with Crippen LogP contribution in [0.15, 0.2) is 59.0 Å². The second kappa shape index (κ2) is 6.15. The van der Waals surface area contributed by atoms with E-state index in [1.807, 2.05) is 24.3 Å². The number of methoxy groups -OCH3 is 1. The third-order valence-corrected chi connectivity index (χ3v) is 4.14. The molecular weight excluding hydrogens is 340 g/mol. The lowest BCUT2D eigenvalue weighted by Gasteiger charge is -2.11. The van der Waals surface area contributed by atoms with Crippen LogP contribution < -0.4 is 10.1 Å². The van der Waals surface area contributed by atoms with Crippen molar-refractivity contribution in [2.45, 2.75) is 0 Å². The highest BCUT2D eigenvalue weighted by atomic mass is 19.1. The SMILES string of the molecule is COc1cc2c(cc1NC(=O)c1c(F)cccc1F)oc1ccccc12. The Kier molecular flexibility index (Phi) is 3.80. The van der Waals surface area contributed by atoms with Crippen molar-refractivity contribution in [3.05, 3.63) is 71.8 Å². The average Bonchev–Trinajstić information content (AvgIpc) is 2.98. The molecule has 3 aromatic carbocycles. The Hall–Kier alpha value is -3.41. The van der Waals surface area contributed by atoms with E-state index in [0.29, 0.717) is 16.9 Å². The summed E-state index contributed by atoms with van der Waals surface area (Å²) in [5.74, 6) is -2.43. The standard InChI is InChI=1S/C20H13F2NO3/c1-25-18-9-12-11-5-2-3-8-16(11)26-17(12)10-15(18)23-20(24)19-13(21)6-4-7-14(19)22/h2-10H,1H3,(H,23,24). The summed E-state index contributed by atoms with van der Waals surface area (Å²) in [4.78, 5) is 12.4. The number of benzene rings is 3. The quantitative estimate of drug-likeness (QED) is 0.556. The van der Waals surface area contributed by atoms with Crippen LogP contribution in [0.5, 0.6) is 5.75 Å². The van der Waals surface area contributed by atoms with Gasteiger partial charge in [-0.05, 0) is 24.3 Å². The number of anilines is 1. The maximum absolute atomic E-state index is 13.8. The van der Waals surface area contributed by atoms with Crippen molar-refractivity contribution in [1.29, 1.82) is 0 Å². The fourth-order valence-electron chi connectivity index (χ4n) is 2.92. The van der Waals surface area contributed by atoms with Crippen molar-refractivity contribution in [3.63, 3.8) is 0 Å². The minimum Gasteiger partial charge on any atom is -0.495 e. The molecule has 6 heteroatoms. The van der Waals surface area contributed by atoms with Gasteiger partial charge in [0.1, 0.15) is 34.1 Å². The number of nitrogens with one attached hydrogen (secondary N) is 1. The van der Waals surface area contributed by atoms with Crippen LogP contribution >= 0.6 is 0 Å². The van der Waals surface area contributed by atoms with Gasteiger partial charge in [-0.2, -0.15) is 0 Å². The van der Waals surface area contributed by atoms with Gasteiger partial charge in [-0.1, -0.05) is 24.3 Å². The number of rotatable bonds is 3. The highest BCUT2D eigenvalue weighted by Gasteiger charge is 2.20. The van der Waals surface area contributed by atoms with Crippen LogP contribution in [0.4, 0.5) is 14.5 Å². The lowest BCUT2D eigenvalue weighted by Crippen LogP contribution is -2.16. The molecule has 4 rings (SSSR count). The first-order valence-electron chi connectivity index (χ1n) is 7.83. The van der Waals surface area contributed by atoms with Crippen molar-refractivity contribution < 1.29 is 22.7 Å². The van der Waals surface area contributed by atoms with Crippen LogP contribution in [-0.2, 0) is 0 Å². The van der Waals surface area contributed by atoms with Gasteiger partial charge in [-0.15, -0.1) is 0 Å². The molecule has 0 saturated carbocycles. The van der Waals surface area contributed by atoms with Crippen LogP contribution in [-0.4, -0.2) is 13.0 Å². The number of amides is 1. The van der Waals surface area contributed by atoms with Crippen molar-refractivity contribution in [2.24, 2.45) is 0 Å². The second-order valence-corrected chi connectivity index (χ2v) is 5.70. The zero-order valence-electron chi connectivity index (χ0n) is 13.7. The maximum atomic E-state index is 13.8. The van der Waals surface area contributed by atoms with Crippen LogP contribution in [0.25, 0.3) is 21.9 Å². The zero-order chi connectivity index (χ0) is 18.3. The summed E-state index contributed by atoms with van der Waals surface area (Å²) in [7, 11) is 1.45. The molecule has 1 N–H and O–H groups in total. The maximum Gasteiger partial charge on any atom is 0.261 e. The monoisotopic (exact) mass is 353 g/mol. The van der Waals surface area contributed by atoms with Gasteiger partial charge in [0, 0.05) is 16.8 Å². The van der Waals surface area contributed by atoms with E-state index in [4.69, 9.17) is 9.15 Å². The fraction of sp³-hybridized carbons (Fsp3) is 0.0500. The zero-order valence-corrected chi connectivity index (χ0v) is 13.7. The molecule has 0 radical (unpaired) electrons. The van der Waals surface area contributed by atoms with Crippen molar-refractivity contribution in [2.75, 3.05) is 12.4 Å². The van der Waals surface area contributed by atoms with E-state index in [9.17, 15) is 13.6 Å². The van der Waals surface area contributed by atoms with Gasteiger partial charge in [0.05, 0.1) is 12.8 Å². The molecule has 1 amide bonds. The van der Waals surface area contributed by atoms with Gasteiger partial charge in [-0.25, -0.2) is 8.78 Å². The fourth-order valence-corrected chi connectivity index (χ4v) is 2.92. The Balaban J connectivity index is 1.81. The molecule has 0 unspecified atom stereocenters. The van der Waals surface area contributed by atoms with Crippen LogP contribution in [0.1, 0.15) is 10.4 Å². The molecule has 130 valence electrons. The Labute approximate surface area is 147 Å². The van der Waals surface area contributed by atoms with Crippen molar-refractivity contribution >= 4 is 33.5 Å². The van der Waals surface area contributed by atoms with E-state index in [2.05, 4.69) is 5.32 Å². The largest absolute Gasteiger partial charge is 0.495 e. The van der Waals surface area contributed by atoms with E-state index >= 15 is 0 Å². The van der Waals surface area contributed by atoms with Crippen molar-refractivity contribution in [1.82, 2.24) is 0 Å². The Morgan fingerprint density at radius 3 is 2.42 bits per heavy atom. The third kappa shape index (κ3) is 2.56. The summed E-state index contributed by atoms with van der Waals surface area (Å²) < 4.78 is 38.8. The number of hydrogen-bond donors (Lipinski definition) is 1. The molecule has 4 aromatic rings. The van der Waals surface area contributed by atoms with Gasteiger partial charge in [0.15, 0.2) is 0 Å². The van der Waals surface area contributed by atoms with E-state index in [1.54, 1.807) is 12.1 Å². The first kappa shape index (κ1) is 16.1. The summed E-state index contributed by atoms with van der Waals surface area (Å²) in [6.45, 7) is 0. The number of carbonyl (C=O) groups is 1. The molecule has 0 atom stereocenters. The molecule has 0 bridgehead atoms. The highest BCUT2D eigenvalue weighted by Crippen LogP contribution is 2.36. The van der Waals surface area contributed by atoms with E-state index in [0.717, 1.165) is 22.9 Å². The van der Waals surface area contributed by atoms with E-state index in [-0.39, 0.29) is 5.69 Å². The minimum atomic E-state index is -0.939. The molecule has 0 aliphatic carbocycles. The topological polar surface area (TPSA) is 51.5 Å². The lowest BCUT2D eigenvalue weighted by atomic mass is 10.1. The Morgan fingerprint density at radius 1 is 0.962 bits per heavy atom. The number of ether oxygens (including phenoxy) is 1. The molecule has 0 aliphatic heterocycles. The molecule has 1 heterocycles. The number of para-hydroxylation sites is 1. The van der Waals surface area contributed by atoms with Gasteiger partial charge in [0.2, 0.25) is 0 Å². The smallest absolute Gasteiger partial charge is 0.261 e. The second-order valence-electron chi connectivity index (χ2n) is 5.70. The number of halogens is 2. The van der Waals surface area contributed by atoms with E-state index in [1.165, 1.54) is 13.2 Å². The van der Waals surface area contributed by atoms with Crippen molar-refractivity contribution in [3.8, 4) is 5.75 Å². The summed E-state index contributed by atoms with van der Waals surface area (Å²) in [5, 5.41) is 4.21. The van der Waals surface area contributed by atoms with Crippen LogP contribution in [0.2, 0.25) is 0 Å². The number of furan rings is 1. The van der Waals surface area contributed by atoms with Gasteiger partial charge in [0.25, 0.3) is 5.91 Å². The summed E-state index contributed by atoms with van der Waals surface area (Å²) in [6.07, 6.45) is 0. The summed E-state index contributed by atoms with van der Waals surface area (Å²) in [6, 6.07) is 14.0. The molecule has 0 fully saturated rings. The predicted octanol–water partition coefficient (Wildman–Crippen LogP) is 5.13. The minimum absolute atomic E-state index is 0.256. The average molecular weight is 353 g/mol. The molecular formula is C20H13F2NO3.